The standard InChI is InChI=1S/C21H24N4O3/c1-2-27-17-9-7-16(8-10-17)22-21(26)25-13-11-24(12-14-25)15-20-23-18-5-3-4-6-19(18)28-20/h3-10H,2,11-15H2,1H3,(H,22,26). The van der Waals surface area contributed by atoms with E-state index in [1.165, 1.54) is 0 Å². The van der Waals surface area contributed by atoms with Gasteiger partial charge in [-0.15, -0.1) is 0 Å². The minimum absolute atomic E-state index is 0.0781. The highest BCUT2D eigenvalue weighted by molar-refractivity contribution is 5.89. The number of hydrogen-bond acceptors (Lipinski definition) is 5. The van der Waals surface area contributed by atoms with E-state index in [-0.39, 0.29) is 6.03 Å². The van der Waals surface area contributed by atoms with Gasteiger partial charge in [0.25, 0.3) is 0 Å². The smallest absolute Gasteiger partial charge is 0.321 e. The Balaban J connectivity index is 1.27. The molecule has 3 aromatic rings. The maximum atomic E-state index is 12.5. The number of nitrogens with one attached hydrogen (secondary N) is 1. The first-order chi connectivity index (χ1) is 13.7. The number of ether oxygens (including phenoxy) is 1. The van der Waals surface area contributed by atoms with Crippen LogP contribution in [0.5, 0.6) is 5.75 Å². The number of anilines is 1. The average molecular weight is 380 g/mol. The maximum Gasteiger partial charge on any atom is 0.321 e. The summed E-state index contributed by atoms with van der Waals surface area (Å²) >= 11 is 0. The van der Waals surface area contributed by atoms with Gasteiger partial charge in [-0.2, -0.15) is 0 Å². The van der Waals surface area contributed by atoms with Crippen LogP contribution in [0.2, 0.25) is 0 Å². The molecule has 1 aliphatic heterocycles. The van der Waals surface area contributed by atoms with Crippen LogP contribution in [0.4, 0.5) is 10.5 Å². The van der Waals surface area contributed by atoms with Gasteiger partial charge in [-0.3, -0.25) is 4.90 Å². The van der Waals surface area contributed by atoms with Crippen LogP contribution >= 0.6 is 0 Å². The van der Waals surface area contributed by atoms with Crippen molar-refractivity contribution < 1.29 is 13.9 Å². The van der Waals surface area contributed by atoms with E-state index < -0.39 is 0 Å². The van der Waals surface area contributed by atoms with Gasteiger partial charge in [0, 0.05) is 31.9 Å². The summed E-state index contributed by atoms with van der Waals surface area (Å²) in [6.45, 7) is 6.14. The van der Waals surface area contributed by atoms with Crippen molar-refractivity contribution >= 4 is 22.8 Å². The summed E-state index contributed by atoms with van der Waals surface area (Å²) in [5.74, 6) is 1.52. The second-order valence-corrected chi connectivity index (χ2v) is 6.73. The predicted molar refractivity (Wildman–Crippen MR) is 107 cm³/mol. The quantitative estimate of drug-likeness (QED) is 0.733. The molecule has 4 rings (SSSR count). The summed E-state index contributed by atoms with van der Waals surface area (Å²) in [4.78, 5) is 21.1. The number of benzene rings is 2. The Kier molecular flexibility index (Phi) is 5.43. The molecule has 0 unspecified atom stereocenters. The molecular weight excluding hydrogens is 356 g/mol. The number of para-hydroxylation sites is 2. The Morgan fingerprint density at radius 3 is 2.57 bits per heavy atom. The Labute approximate surface area is 163 Å². The van der Waals surface area contributed by atoms with Crippen LogP contribution in [0.1, 0.15) is 12.8 Å². The summed E-state index contributed by atoms with van der Waals surface area (Å²) in [5, 5.41) is 2.95. The molecule has 7 nitrogen and oxygen atoms in total. The molecule has 0 bridgehead atoms. The number of oxazole rings is 1. The minimum Gasteiger partial charge on any atom is -0.494 e. The first kappa shape index (κ1) is 18.3. The van der Waals surface area contributed by atoms with Crippen LogP contribution < -0.4 is 10.1 Å². The summed E-state index contributed by atoms with van der Waals surface area (Å²) in [6.07, 6.45) is 0. The molecule has 0 spiro atoms. The largest absolute Gasteiger partial charge is 0.494 e. The Bertz CT molecular complexity index is 897. The van der Waals surface area contributed by atoms with Gasteiger partial charge in [0.1, 0.15) is 11.3 Å². The molecule has 2 heterocycles. The van der Waals surface area contributed by atoms with Crippen molar-refractivity contribution in [2.24, 2.45) is 0 Å². The minimum atomic E-state index is -0.0781. The molecule has 146 valence electrons. The van der Waals surface area contributed by atoms with E-state index >= 15 is 0 Å². The van der Waals surface area contributed by atoms with Gasteiger partial charge in [0.05, 0.1) is 13.2 Å². The second kappa shape index (κ2) is 8.31. The third-order valence-electron chi connectivity index (χ3n) is 4.77. The van der Waals surface area contributed by atoms with E-state index in [4.69, 9.17) is 9.15 Å². The fraction of sp³-hybridized carbons (Fsp3) is 0.333. The molecule has 28 heavy (non-hydrogen) atoms. The first-order valence-corrected chi connectivity index (χ1v) is 9.57. The molecule has 1 aliphatic rings. The number of carbonyl (C=O) groups excluding carboxylic acids is 1. The third kappa shape index (κ3) is 4.26. The monoisotopic (exact) mass is 380 g/mol. The lowest BCUT2D eigenvalue weighted by Crippen LogP contribution is -2.49. The van der Waals surface area contributed by atoms with Crippen LogP contribution in [-0.4, -0.2) is 53.6 Å². The molecule has 2 amide bonds. The second-order valence-electron chi connectivity index (χ2n) is 6.73. The van der Waals surface area contributed by atoms with Crippen molar-refractivity contribution in [2.75, 3.05) is 38.1 Å². The van der Waals surface area contributed by atoms with Gasteiger partial charge >= 0.3 is 6.03 Å². The van der Waals surface area contributed by atoms with Gasteiger partial charge in [-0.1, -0.05) is 12.1 Å². The van der Waals surface area contributed by atoms with Crippen LogP contribution in [0.25, 0.3) is 11.1 Å². The van der Waals surface area contributed by atoms with Gasteiger partial charge in [-0.25, -0.2) is 9.78 Å². The van der Waals surface area contributed by atoms with Crippen LogP contribution in [0.3, 0.4) is 0 Å². The zero-order chi connectivity index (χ0) is 19.3. The Morgan fingerprint density at radius 2 is 1.86 bits per heavy atom. The van der Waals surface area contributed by atoms with Gasteiger partial charge < -0.3 is 19.4 Å². The number of aromatic nitrogens is 1. The molecule has 2 aromatic carbocycles. The molecule has 0 saturated carbocycles. The predicted octanol–water partition coefficient (Wildman–Crippen LogP) is 3.58. The molecule has 0 aliphatic carbocycles. The van der Waals surface area contributed by atoms with Crippen molar-refractivity contribution in [1.82, 2.24) is 14.8 Å². The van der Waals surface area contributed by atoms with Crippen molar-refractivity contribution in [3.8, 4) is 5.75 Å². The molecule has 0 radical (unpaired) electrons. The summed E-state index contributed by atoms with van der Waals surface area (Å²) in [6, 6.07) is 15.1. The number of nitrogens with zero attached hydrogens (tertiary/aromatic N) is 3. The fourth-order valence-electron chi connectivity index (χ4n) is 3.29. The molecule has 7 heteroatoms. The normalized spacial score (nSPS) is 15.0. The van der Waals surface area contributed by atoms with E-state index in [9.17, 15) is 4.79 Å². The molecule has 1 aromatic heterocycles. The lowest BCUT2D eigenvalue weighted by molar-refractivity contribution is 0.136. The number of piperazine rings is 1. The maximum absolute atomic E-state index is 12.5. The number of fused-ring (bicyclic) bond motifs is 1. The summed E-state index contributed by atoms with van der Waals surface area (Å²) in [5.41, 5.74) is 2.46. The van der Waals surface area contributed by atoms with Crippen LogP contribution in [0.15, 0.2) is 52.9 Å². The average Bonchev–Trinajstić information content (AvgIpc) is 3.12. The van der Waals surface area contributed by atoms with E-state index in [1.807, 2.05) is 60.4 Å². The highest BCUT2D eigenvalue weighted by atomic mass is 16.5. The first-order valence-electron chi connectivity index (χ1n) is 9.57. The lowest BCUT2D eigenvalue weighted by atomic mass is 10.3. The Morgan fingerprint density at radius 1 is 1.11 bits per heavy atom. The van der Waals surface area contributed by atoms with E-state index in [0.29, 0.717) is 32.1 Å². The number of rotatable bonds is 5. The fourth-order valence-corrected chi connectivity index (χ4v) is 3.29. The highest BCUT2D eigenvalue weighted by Gasteiger charge is 2.22. The van der Waals surface area contributed by atoms with Gasteiger partial charge in [-0.05, 0) is 43.3 Å². The van der Waals surface area contributed by atoms with Crippen molar-refractivity contribution in [3.05, 3.63) is 54.4 Å². The zero-order valence-corrected chi connectivity index (χ0v) is 15.9. The van der Waals surface area contributed by atoms with Gasteiger partial charge in [0.15, 0.2) is 5.58 Å². The van der Waals surface area contributed by atoms with Crippen molar-refractivity contribution in [3.63, 3.8) is 0 Å². The third-order valence-corrected chi connectivity index (χ3v) is 4.77. The summed E-state index contributed by atoms with van der Waals surface area (Å²) < 4.78 is 11.2. The lowest BCUT2D eigenvalue weighted by Gasteiger charge is -2.34. The highest BCUT2D eigenvalue weighted by Crippen LogP contribution is 2.18. The number of hydrogen-bond donors (Lipinski definition) is 1. The van der Waals surface area contributed by atoms with E-state index in [0.717, 1.165) is 35.6 Å². The number of amides is 2. The number of carbonyl (C=O) groups is 1. The van der Waals surface area contributed by atoms with E-state index in [1.54, 1.807) is 0 Å². The van der Waals surface area contributed by atoms with Crippen LogP contribution in [0, 0.1) is 0 Å². The SMILES string of the molecule is CCOc1ccc(NC(=O)N2CCN(Cc3nc4ccccc4o3)CC2)cc1. The topological polar surface area (TPSA) is 70.8 Å². The summed E-state index contributed by atoms with van der Waals surface area (Å²) in [7, 11) is 0. The Hall–Kier alpha value is -3.06. The van der Waals surface area contributed by atoms with Crippen LogP contribution in [-0.2, 0) is 6.54 Å². The molecule has 1 N–H and O–H groups in total. The number of urea groups is 1. The van der Waals surface area contributed by atoms with E-state index in [2.05, 4.69) is 15.2 Å². The molecule has 0 atom stereocenters. The van der Waals surface area contributed by atoms with Crippen molar-refractivity contribution in [2.45, 2.75) is 13.5 Å². The molecular formula is C21H24N4O3. The van der Waals surface area contributed by atoms with Gasteiger partial charge in [0.2, 0.25) is 5.89 Å². The molecule has 1 saturated heterocycles. The molecule has 1 fully saturated rings. The van der Waals surface area contributed by atoms with Crippen molar-refractivity contribution in [1.29, 1.82) is 0 Å². The zero-order valence-electron chi connectivity index (χ0n) is 15.9.